The molecule has 2 unspecified atom stereocenters. The fraction of sp³-hybridized carbons (Fsp3) is 0.0577. The number of thiophene rings is 2. The largest absolute Gasteiger partial charge is 0.313 e. The van der Waals surface area contributed by atoms with E-state index >= 15 is 0 Å². The minimum Gasteiger partial charge on any atom is -0.313 e. The van der Waals surface area contributed by atoms with E-state index in [1.807, 2.05) is 59.1 Å². The Morgan fingerprint density at radius 1 is 0.483 bits per heavy atom. The molecule has 11 aromatic rings. The molecule has 4 nitrogen and oxygen atoms in total. The zero-order valence-corrected chi connectivity index (χ0v) is 33.1. The van der Waals surface area contributed by atoms with Crippen LogP contribution in [-0.4, -0.2) is 19.5 Å². The Morgan fingerprint density at radius 2 is 1.07 bits per heavy atom. The highest BCUT2D eigenvalue weighted by Gasteiger charge is 2.35. The van der Waals surface area contributed by atoms with Gasteiger partial charge in [0.1, 0.15) is 0 Å². The molecule has 4 heterocycles. The Morgan fingerprint density at radius 3 is 1.79 bits per heavy atom. The van der Waals surface area contributed by atoms with Gasteiger partial charge in [0.2, 0.25) is 0 Å². The van der Waals surface area contributed by atoms with Crippen molar-refractivity contribution in [3.63, 3.8) is 0 Å². The first-order chi connectivity index (χ1) is 28.7. The fourth-order valence-electron chi connectivity index (χ4n) is 9.17. The van der Waals surface area contributed by atoms with Crippen molar-refractivity contribution in [2.45, 2.75) is 12.8 Å². The van der Waals surface area contributed by atoms with E-state index < -0.39 is 0 Å². The quantitative estimate of drug-likeness (QED) is 0.175. The lowest BCUT2D eigenvalue weighted by Crippen LogP contribution is -2.20. The third-order valence-electron chi connectivity index (χ3n) is 11.8. The summed E-state index contributed by atoms with van der Waals surface area (Å²) in [4.78, 5) is 16.6. The number of hydrogen-bond acceptors (Lipinski definition) is 5. The molecule has 0 amide bonds. The van der Waals surface area contributed by atoms with Crippen LogP contribution in [0.15, 0.2) is 170 Å². The molecule has 1 aliphatic rings. The van der Waals surface area contributed by atoms with Gasteiger partial charge in [-0.2, -0.15) is 0 Å². The predicted octanol–water partition coefficient (Wildman–Crippen LogP) is 14.3. The van der Waals surface area contributed by atoms with Crippen LogP contribution in [0.3, 0.4) is 0 Å². The van der Waals surface area contributed by atoms with Gasteiger partial charge >= 0.3 is 0 Å². The number of rotatable bonds is 5. The van der Waals surface area contributed by atoms with Crippen LogP contribution in [0.25, 0.3) is 98.0 Å². The monoisotopic (exact) mass is 778 g/mol. The molecule has 4 aromatic heterocycles. The first kappa shape index (κ1) is 33.4. The molecule has 0 N–H and O–H groups in total. The zero-order valence-electron chi connectivity index (χ0n) is 31.5. The van der Waals surface area contributed by atoms with E-state index in [0.717, 1.165) is 16.7 Å². The van der Waals surface area contributed by atoms with Gasteiger partial charge in [-0.1, -0.05) is 146 Å². The third-order valence-corrected chi connectivity index (χ3v) is 14.3. The van der Waals surface area contributed by atoms with Crippen LogP contribution in [-0.2, 0) is 0 Å². The van der Waals surface area contributed by atoms with Crippen LogP contribution in [0.1, 0.15) is 28.8 Å². The number of aromatic nitrogens is 4. The van der Waals surface area contributed by atoms with E-state index in [1.54, 1.807) is 0 Å². The Kier molecular flexibility index (Phi) is 7.59. The van der Waals surface area contributed by atoms with Gasteiger partial charge < -0.3 is 4.57 Å². The molecule has 12 rings (SSSR count). The Balaban J connectivity index is 1.07. The minimum atomic E-state index is 0.0978. The number of nitrogens with zero attached hydrogens (tertiary/aromatic N) is 4. The van der Waals surface area contributed by atoms with Gasteiger partial charge in [-0.25, -0.2) is 15.0 Å². The van der Waals surface area contributed by atoms with Crippen molar-refractivity contribution in [3.05, 3.63) is 186 Å². The van der Waals surface area contributed by atoms with Crippen LogP contribution < -0.4 is 0 Å². The molecule has 0 saturated carbocycles. The van der Waals surface area contributed by atoms with E-state index in [4.69, 9.17) is 15.0 Å². The van der Waals surface area contributed by atoms with Gasteiger partial charge in [0.25, 0.3) is 0 Å². The minimum absolute atomic E-state index is 0.0978. The highest BCUT2D eigenvalue weighted by molar-refractivity contribution is 7.26. The van der Waals surface area contributed by atoms with Gasteiger partial charge in [-0.15, -0.1) is 22.7 Å². The van der Waals surface area contributed by atoms with E-state index in [2.05, 4.69) is 151 Å². The molecule has 0 spiro atoms. The summed E-state index contributed by atoms with van der Waals surface area (Å²) in [5, 5.41) is 6.58. The van der Waals surface area contributed by atoms with Crippen molar-refractivity contribution in [2.75, 3.05) is 0 Å². The van der Waals surface area contributed by atoms with Crippen molar-refractivity contribution < 1.29 is 0 Å². The summed E-state index contributed by atoms with van der Waals surface area (Å²) in [6, 6.07) is 60.7. The van der Waals surface area contributed by atoms with Crippen LogP contribution in [0, 0.1) is 5.92 Å². The maximum absolute atomic E-state index is 5.11. The first-order valence-corrected chi connectivity index (χ1v) is 21.4. The summed E-state index contributed by atoms with van der Waals surface area (Å²) in [5.41, 5.74) is 9.26. The standard InChI is InChI=1S/C52H34N4S2/c1-31-43(56-41-24-11-8-23-39(41)47-42(56)28-27-38-36-21-9-12-25-44(36)57-48(38)47)30-40-37-22-10-13-26-45(37)58-49(40)46(31)34-19-14-20-35(29-34)52-54-50(32-15-4-2-5-16-32)53-51(55-52)33-17-6-3-7-18-33/h2-31,46H,1H3. The molecule has 0 aliphatic heterocycles. The molecular formula is C52H34N4S2. The second-order valence-electron chi connectivity index (χ2n) is 15.2. The second-order valence-corrected chi connectivity index (χ2v) is 17.3. The number of benzene rings is 7. The average molecular weight is 779 g/mol. The summed E-state index contributed by atoms with van der Waals surface area (Å²) in [6.45, 7) is 2.42. The Bertz CT molecular complexity index is 3370. The molecule has 1 aliphatic carbocycles. The van der Waals surface area contributed by atoms with Gasteiger partial charge in [0, 0.05) is 80.1 Å². The topological polar surface area (TPSA) is 43.6 Å². The van der Waals surface area contributed by atoms with Crippen molar-refractivity contribution in [2.24, 2.45) is 5.92 Å². The Hall–Kier alpha value is -6.73. The van der Waals surface area contributed by atoms with Crippen molar-refractivity contribution in [3.8, 4) is 34.2 Å². The normalized spacial score (nSPS) is 15.4. The summed E-state index contributed by atoms with van der Waals surface area (Å²) < 4.78 is 6.55. The second kappa shape index (κ2) is 13.2. The lowest BCUT2D eigenvalue weighted by Gasteiger charge is -2.32. The molecule has 7 aromatic carbocycles. The zero-order chi connectivity index (χ0) is 38.3. The molecule has 6 heteroatoms. The predicted molar refractivity (Wildman–Crippen MR) is 245 cm³/mol. The van der Waals surface area contributed by atoms with Gasteiger partial charge in [-0.3, -0.25) is 0 Å². The van der Waals surface area contributed by atoms with E-state index in [0.29, 0.717) is 17.5 Å². The SMILES string of the molecule is CC1C(n2c3ccccc3c3c4sc5ccccc5c4ccc32)=Cc2c(sc3ccccc23)C1c1cccc(-c2nc(-c3ccccc3)nc(-c3ccccc3)n2)c1. The van der Waals surface area contributed by atoms with Gasteiger partial charge in [-0.05, 0) is 47.5 Å². The number of para-hydroxylation sites is 1. The number of allylic oxidation sites excluding steroid dienone is 1. The molecule has 0 bridgehead atoms. The van der Waals surface area contributed by atoms with E-state index in [-0.39, 0.29) is 11.8 Å². The molecule has 2 atom stereocenters. The third kappa shape index (κ3) is 5.15. The van der Waals surface area contributed by atoms with E-state index in [1.165, 1.54) is 73.8 Å². The molecule has 0 radical (unpaired) electrons. The first-order valence-electron chi connectivity index (χ1n) is 19.7. The lowest BCUT2D eigenvalue weighted by atomic mass is 9.77. The lowest BCUT2D eigenvalue weighted by molar-refractivity contribution is 0.625. The van der Waals surface area contributed by atoms with E-state index in [9.17, 15) is 0 Å². The van der Waals surface area contributed by atoms with Crippen molar-refractivity contribution in [1.82, 2.24) is 19.5 Å². The van der Waals surface area contributed by atoms with Gasteiger partial charge in [0.15, 0.2) is 17.5 Å². The Labute approximate surface area is 343 Å². The van der Waals surface area contributed by atoms with Crippen LogP contribution in [0.4, 0.5) is 0 Å². The smallest absolute Gasteiger partial charge is 0.164 e. The molecule has 0 fully saturated rings. The average Bonchev–Trinajstić information content (AvgIpc) is 3.96. The highest BCUT2D eigenvalue weighted by atomic mass is 32.1. The number of fused-ring (bicyclic) bond motifs is 10. The van der Waals surface area contributed by atoms with Crippen molar-refractivity contribution in [1.29, 1.82) is 0 Å². The van der Waals surface area contributed by atoms with Crippen LogP contribution >= 0.6 is 22.7 Å². The van der Waals surface area contributed by atoms with Gasteiger partial charge in [0.05, 0.1) is 11.0 Å². The molecule has 58 heavy (non-hydrogen) atoms. The molecular weight excluding hydrogens is 745 g/mol. The maximum Gasteiger partial charge on any atom is 0.164 e. The number of hydrogen-bond donors (Lipinski definition) is 0. The molecule has 0 saturated heterocycles. The summed E-state index contributed by atoms with van der Waals surface area (Å²) in [7, 11) is 0. The van der Waals surface area contributed by atoms with Crippen LogP contribution in [0.2, 0.25) is 0 Å². The maximum atomic E-state index is 5.11. The van der Waals surface area contributed by atoms with Crippen LogP contribution in [0.5, 0.6) is 0 Å². The fourth-order valence-corrected chi connectivity index (χ4v) is 11.8. The summed E-state index contributed by atoms with van der Waals surface area (Å²) in [5.74, 6) is 2.24. The highest BCUT2D eigenvalue weighted by Crippen LogP contribution is 2.52. The summed E-state index contributed by atoms with van der Waals surface area (Å²) >= 11 is 3.83. The molecule has 274 valence electrons. The summed E-state index contributed by atoms with van der Waals surface area (Å²) in [6.07, 6.45) is 2.49. The van der Waals surface area contributed by atoms with Crippen molar-refractivity contribution >= 4 is 86.5 Å².